The fourth-order valence-corrected chi connectivity index (χ4v) is 5.31. The zero-order chi connectivity index (χ0) is 31.5. The number of aliphatic carboxylic acids is 1. The molecule has 0 bridgehead atoms. The van der Waals surface area contributed by atoms with Gasteiger partial charge in [0.15, 0.2) is 5.78 Å². The molecule has 0 aliphatic rings. The van der Waals surface area contributed by atoms with Gasteiger partial charge in [0.05, 0.1) is 23.2 Å². The van der Waals surface area contributed by atoms with Crippen molar-refractivity contribution in [2.45, 2.75) is 58.5 Å². The zero-order valence-corrected chi connectivity index (χ0v) is 24.8. The summed E-state index contributed by atoms with van der Waals surface area (Å²) in [6.07, 6.45) is -3.87. The number of hydrogen-bond donors (Lipinski definition) is 1. The van der Waals surface area contributed by atoms with Gasteiger partial charge in [-0.1, -0.05) is 37.9 Å². The van der Waals surface area contributed by atoms with E-state index in [4.69, 9.17) is 21.1 Å². The van der Waals surface area contributed by atoms with Crippen molar-refractivity contribution in [1.29, 1.82) is 0 Å². The quantitative estimate of drug-likeness (QED) is 0.161. The number of ketones is 1. The molecule has 0 spiro atoms. The van der Waals surface area contributed by atoms with Crippen molar-refractivity contribution in [2.24, 2.45) is 0 Å². The number of methoxy groups -OCH3 is 1. The molecule has 11 heteroatoms. The van der Waals surface area contributed by atoms with Crippen molar-refractivity contribution in [3.8, 4) is 17.2 Å². The number of halogens is 4. The van der Waals surface area contributed by atoms with E-state index < -0.39 is 23.7 Å². The molecule has 7 nitrogen and oxygen atoms in total. The molecule has 43 heavy (non-hydrogen) atoms. The van der Waals surface area contributed by atoms with Crippen LogP contribution in [0.4, 0.5) is 13.2 Å². The van der Waals surface area contributed by atoms with Gasteiger partial charge >= 0.3 is 12.3 Å². The van der Waals surface area contributed by atoms with Gasteiger partial charge in [0.2, 0.25) is 5.60 Å². The van der Waals surface area contributed by atoms with Crippen molar-refractivity contribution < 1.29 is 42.1 Å². The Hall–Kier alpha value is -4.18. The standard InChI is InChI=1S/C32H31ClF3NO6/c1-5-15-31(6-2,30(39)40)43-27-16-20(7-14-25(27)33)18-37-19(3)28(29(38)21-8-10-22(41-4)11-9-21)24-13-12-23(17-26(24)37)42-32(34,35)36/h7-14,16-17H,5-6,15,18H2,1-4H3,(H,39,40). The Morgan fingerprint density at radius 2 is 1.63 bits per heavy atom. The molecule has 0 saturated heterocycles. The third-order valence-corrected chi connectivity index (χ3v) is 7.68. The van der Waals surface area contributed by atoms with Crippen LogP contribution < -0.4 is 14.2 Å². The van der Waals surface area contributed by atoms with Gasteiger partial charge in [-0.15, -0.1) is 13.2 Å². The van der Waals surface area contributed by atoms with Gasteiger partial charge in [-0.05, 0) is 73.9 Å². The van der Waals surface area contributed by atoms with Crippen LogP contribution in [0.2, 0.25) is 5.02 Å². The Kier molecular flexibility index (Phi) is 9.29. The lowest BCUT2D eigenvalue weighted by molar-refractivity contribution is -0.274. The largest absolute Gasteiger partial charge is 0.573 e. The van der Waals surface area contributed by atoms with Crippen molar-refractivity contribution in [2.75, 3.05) is 7.11 Å². The summed E-state index contributed by atoms with van der Waals surface area (Å²) in [5, 5.41) is 10.6. The Bertz CT molecular complexity index is 1650. The first kappa shape index (κ1) is 31.7. The smallest absolute Gasteiger partial charge is 0.497 e. The topological polar surface area (TPSA) is 87.0 Å². The predicted molar refractivity (Wildman–Crippen MR) is 157 cm³/mol. The van der Waals surface area contributed by atoms with Gasteiger partial charge in [-0.2, -0.15) is 0 Å². The number of carboxylic acids is 1. The van der Waals surface area contributed by atoms with Crippen molar-refractivity contribution in [1.82, 2.24) is 4.57 Å². The van der Waals surface area contributed by atoms with Gasteiger partial charge in [0.1, 0.15) is 17.2 Å². The SMILES string of the molecule is CCCC(CC)(Oc1cc(Cn2c(C)c(C(=O)c3ccc(OC)cc3)c3ccc(OC(F)(F)F)cc32)ccc1Cl)C(=O)O. The maximum atomic E-state index is 13.7. The number of rotatable bonds is 12. The first-order valence-electron chi connectivity index (χ1n) is 13.6. The number of hydrogen-bond acceptors (Lipinski definition) is 5. The van der Waals surface area contributed by atoms with Gasteiger partial charge in [0, 0.05) is 29.3 Å². The number of alkyl halides is 3. The maximum Gasteiger partial charge on any atom is 0.573 e. The van der Waals surface area contributed by atoms with Crippen LogP contribution in [0.3, 0.4) is 0 Å². The minimum Gasteiger partial charge on any atom is -0.497 e. The number of carbonyl (C=O) groups is 2. The van der Waals surface area contributed by atoms with Gasteiger partial charge in [-0.25, -0.2) is 4.79 Å². The molecule has 1 unspecified atom stereocenters. The normalized spacial score (nSPS) is 13.0. The zero-order valence-electron chi connectivity index (χ0n) is 24.0. The van der Waals surface area contributed by atoms with E-state index in [1.807, 2.05) is 6.92 Å². The highest BCUT2D eigenvalue weighted by Gasteiger charge is 2.39. The molecule has 228 valence electrons. The molecular formula is C32H31ClF3NO6. The van der Waals surface area contributed by atoms with E-state index in [1.165, 1.54) is 25.3 Å². The predicted octanol–water partition coefficient (Wildman–Crippen LogP) is 8.20. The molecule has 0 fully saturated rings. The molecule has 4 aromatic rings. The summed E-state index contributed by atoms with van der Waals surface area (Å²) in [4.78, 5) is 25.9. The summed E-state index contributed by atoms with van der Waals surface area (Å²) >= 11 is 6.41. The number of benzene rings is 3. The minimum absolute atomic E-state index is 0.112. The molecule has 0 aliphatic carbocycles. The van der Waals surface area contributed by atoms with E-state index in [0.29, 0.717) is 45.5 Å². The van der Waals surface area contributed by atoms with E-state index in [2.05, 4.69) is 4.74 Å². The van der Waals surface area contributed by atoms with Gasteiger partial charge in [-0.3, -0.25) is 4.79 Å². The molecule has 0 amide bonds. The fraction of sp³-hybridized carbons (Fsp3) is 0.312. The number of ether oxygens (including phenoxy) is 3. The van der Waals surface area contributed by atoms with Crippen LogP contribution in [0, 0.1) is 6.92 Å². The lowest BCUT2D eigenvalue weighted by atomic mass is 9.94. The fourth-order valence-electron chi connectivity index (χ4n) is 5.15. The van der Waals surface area contributed by atoms with Crippen molar-refractivity contribution in [3.05, 3.63) is 88.1 Å². The van der Waals surface area contributed by atoms with Crippen LogP contribution in [-0.2, 0) is 11.3 Å². The lowest BCUT2D eigenvalue weighted by Gasteiger charge is -2.29. The van der Waals surface area contributed by atoms with Crippen LogP contribution in [0.15, 0.2) is 60.7 Å². The molecule has 1 N–H and O–H groups in total. The third-order valence-electron chi connectivity index (χ3n) is 7.37. The minimum atomic E-state index is -4.90. The molecule has 3 aromatic carbocycles. The third kappa shape index (κ3) is 6.74. The Labute approximate surface area is 251 Å². The summed E-state index contributed by atoms with van der Waals surface area (Å²) in [5.74, 6) is -1.12. The average Bonchev–Trinajstić information content (AvgIpc) is 3.23. The van der Waals surface area contributed by atoms with Crippen LogP contribution in [0.5, 0.6) is 17.2 Å². The molecule has 1 heterocycles. The number of nitrogens with zero attached hydrogens (tertiary/aromatic N) is 1. The average molecular weight is 618 g/mol. The molecule has 1 aromatic heterocycles. The second-order valence-corrected chi connectivity index (χ2v) is 10.5. The van der Waals surface area contributed by atoms with Crippen molar-refractivity contribution in [3.63, 3.8) is 0 Å². The van der Waals surface area contributed by atoms with Gasteiger partial charge < -0.3 is 23.9 Å². The van der Waals surface area contributed by atoms with E-state index in [0.717, 1.165) is 0 Å². The van der Waals surface area contributed by atoms with Gasteiger partial charge in [0.25, 0.3) is 0 Å². The highest BCUT2D eigenvalue weighted by atomic mass is 35.5. The Balaban J connectivity index is 1.82. The van der Waals surface area contributed by atoms with Crippen LogP contribution in [0.25, 0.3) is 10.9 Å². The number of aromatic nitrogens is 1. The molecule has 0 saturated carbocycles. The second-order valence-electron chi connectivity index (χ2n) is 10.1. The number of carboxylic acid groups (broad SMARTS) is 1. The maximum absolute atomic E-state index is 13.7. The van der Waals surface area contributed by atoms with E-state index >= 15 is 0 Å². The monoisotopic (exact) mass is 617 g/mol. The number of carbonyl (C=O) groups excluding carboxylic acids is 1. The Morgan fingerprint density at radius 1 is 0.953 bits per heavy atom. The first-order chi connectivity index (χ1) is 20.3. The molecule has 0 radical (unpaired) electrons. The molecule has 0 aliphatic heterocycles. The van der Waals surface area contributed by atoms with Crippen molar-refractivity contribution >= 4 is 34.3 Å². The summed E-state index contributed by atoms with van der Waals surface area (Å²) < 4.78 is 56.3. The summed E-state index contributed by atoms with van der Waals surface area (Å²) in [7, 11) is 1.51. The van der Waals surface area contributed by atoms with Crippen LogP contribution in [0.1, 0.15) is 60.3 Å². The molecule has 1 atom stereocenters. The van der Waals surface area contributed by atoms with E-state index in [9.17, 15) is 27.9 Å². The van der Waals surface area contributed by atoms with Crippen LogP contribution >= 0.6 is 11.6 Å². The summed E-state index contributed by atoms with van der Waals surface area (Å²) in [6.45, 7) is 5.40. The van der Waals surface area contributed by atoms with E-state index in [-0.39, 0.29) is 35.9 Å². The highest BCUT2D eigenvalue weighted by Crippen LogP contribution is 2.36. The number of fused-ring (bicyclic) bond motifs is 1. The Morgan fingerprint density at radius 3 is 2.21 bits per heavy atom. The van der Waals surface area contributed by atoms with E-state index in [1.54, 1.807) is 60.9 Å². The first-order valence-corrected chi connectivity index (χ1v) is 14.0. The summed E-state index contributed by atoms with van der Waals surface area (Å²) in [5.41, 5.74) is 0.695. The lowest BCUT2D eigenvalue weighted by Crippen LogP contribution is -2.44. The summed E-state index contributed by atoms with van der Waals surface area (Å²) in [6, 6.07) is 15.3. The molecular weight excluding hydrogens is 587 g/mol. The molecule has 4 rings (SSSR count). The second kappa shape index (κ2) is 12.6. The van der Waals surface area contributed by atoms with Crippen LogP contribution in [-0.4, -0.2) is 40.5 Å². The highest BCUT2D eigenvalue weighted by molar-refractivity contribution is 6.32.